The van der Waals surface area contributed by atoms with Gasteiger partial charge in [0.2, 0.25) is 0 Å². The molecule has 148 valence electrons. The normalized spacial score (nSPS) is 10.9. The van der Waals surface area contributed by atoms with Gasteiger partial charge in [0.1, 0.15) is 29.6 Å². The Morgan fingerprint density at radius 3 is 2.59 bits per heavy atom. The van der Waals surface area contributed by atoms with Gasteiger partial charge in [-0.15, -0.1) is 11.3 Å². The zero-order valence-electron chi connectivity index (χ0n) is 16.2. The van der Waals surface area contributed by atoms with E-state index in [-0.39, 0.29) is 5.91 Å². The van der Waals surface area contributed by atoms with E-state index in [1.54, 1.807) is 24.3 Å². The van der Waals surface area contributed by atoms with Crippen molar-refractivity contribution in [2.45, 2.75) is 27.4 Å². The quantitative estimate of drug-likeness (QED) is 0.474. The first-order valence-corrected chi connectivity index (χ1v) is 9.86. The van der Waals surface area contributed by atoms with Crippen molar-refractivity contribution in [3.63, 3.8) is 0 Å². The molecule has 1 N–H and O–H groups in total. The SMILES string of the molecule is Cc1ccc(-c2csc(NC(=O)c3ccc(OCc4c(C)noc4C)cc3)n2)o1. The van der Waals surface area contributed by atoms with E-state index >= 15 is 0 Å². The number of hydrogen-bond acceptors (Lipinski definition) is 7. The first-order chi connectivity index (χ1) is 14.0. The number of benzene rings is 1. The summed E-state index contributed by atoms with van der Waals surface area (Å²) >= 11 is 1.35. The lowest BCUT2D eigenvalue weighted by atomic mass is 10.2. The third kappa shape index (κ3) is 4.22. The summed E-state index contributed by atoms with van der Waals surface area (Å²) in [4.78, 5) is 16.9. The lowest BCUT2D eigenvalue weighted by Gasteiger charge is -2.07. The number of nitrogens with one attached hydrogen (secondary N) is 1. The Hall–Kier alpha value is -3.39. The molecule has 0 unspecified atom stereocenters. The van der Waals surface area contributed by atoms with E-state index in [9.17, 15) is 4.79 Å². The molecule has 0 spiro atoms. The van der Waals surface area contributed by atoms with Crippen LogP contribution in [-0.2, 0) is 6.61 Å². The average molecular weight is 409 g/mol. The van der Waals surface area contributed by atoms with Gasteiger partial charge in [0, 0.05) is 10.9 Å². The fourth-order valence-electron chi connectivity index (χ4n) is 2.75. The Labute approximate surface area is 171 Å². The molecule has 0 radical (unpaired) electrons. The maximum atomic E-state index is 12.5. The molecule has 0 aliphatic heterocycles. The van der Waals surface area contributed by atoms with Crippen LogP contribution in [0.3, 0.4) is 0 Å². The first-order valence-electron chi connectivity index (χ1n) is 8.98. The molecule has 0 aliphatic carbocycles. The molecule has 0 atom stereocenters. The molecule has 0 fully saturated rings. The number of amides is 1. The van der Waals surface area contributed by atoms with Crippen LogP contribution in [-0.4, -0.2) is 16.0 Å². The predicted molar refractivity (Wildman–Crippen MR) is 109 cm³/mol. The summed E-state index contributed by atoms with van der Waals surface area (Å²) in [6, 6.07) is 10.7. The van der Waals surface area contributed by atoms with Crippen molar-refractivity contribution >= 4 is 22.4 Å². The molecule has 7 nitrogen and oxygen atoms in total. The number of aryl methyl sites for hydroxylation is 3. The second kappa shape index (κ2) is 7.92. The average Bonchev–Trinajstić information content (AvgIpc) is 3.42. The Balaban J connectivity index is 1.37. The van der Waals surface area contributed by atoms with Crippen molar-refractivity contribution in [2.75, 3.05) is 5.32 Å². The number of furan rings is 1. The van der Waals surface area contributed by atoms with Gasteiger partial charge in [-0.25, -0.2) is 4.98 Å². The molecule has 0 saturated carbocycles. The summed E-state index contributed by atoms with van der Waals surface area (Å²) < 4.78 is 16.5. The summed E-state index contributed by atoms with van der Waals surface area (Å²) in [7, 11) is 0. The first kappa shape index (κ1) is 18.9. The van der Waals surface area contributed by atoms with Crippen LogP contribution in [0.4, 0.5) is 5.13 Å². The molecule has 0 bridgehead atoms. The molecule has 3 aromatic heterocycles. The van der Waals surface area contributed by atoms with E-state index < -0.39 is 0 Å². The molecule has 1 amide bonds. The Bertz CT molecular complexity index is 1120. The van der Waals surface area contributed by atoms with Gasteiger partial charge in [-0.05, 0) is 57.2 Å². The zero-order valence-corrected chi connectivity index (χ0v) is 17.0. The number of carbonyl (C=O) groups excluding carboxylic acids is 1. The third-order valence-corrected chi connectivity index (χ3v) is 5.16. The smallest absolute Gasteiger partial charge is 0.257 e. The van der Waals surface area contributed by atoms with E-state index in [4.69, 9.17) is 13.7 Å². The lowest BCUT2D eigenvalue weighted by Crippen LogP contribution is -2.11. The van der Waals surface area contributed by atoms with Crippen LogP contribution in [0.1, 0.15) is 33.1 Å². The molecule has 1 aromatic carbocycles. The van der Waals surface area contributed by atoms with Crippen molar-refractivity contribution in [3.8, 4) is 17.2 Å². The molecule has 3 heterocycles. The van der Waals surface area contributed by atoms with Crippen molar-refractivity contribution in [1.29, 1.82) is 0 Å². The molecule has 4 aromatic rings. The van der Waals surface area contributed by atoms with Crippen LogP contribution >= 0.6 is 11.3 Å². The summed E-state index contributed by atoms with van der Waals surface area (Å²) in [5.41, 5.74) is 2.95. The van der Waals surface area contributed by atoms with Crippen LogP contribution in [0.2, 0.25) is 0 Å². The largest absolute Gasteiger partial charge is 0.489 e. The second-order valence-corrected chi connectivity index (χ2v) is 7.38. The maximum absolute atomic E-state index is 12.5. The summed E-state index contributed by atoms with van der Waals surface area (Å²) in [5.74, 6) is 2.66. The van der Waals surface area contributed by atoms with Crippen LogP contribution in [0.15, 0.2) is 50.7 Å². The molecule has 0 saturated heterocycles. The molecule has 8 heteroatoms. The number of rotatable bonds is 6. The highest BCUT2D eigenvalue weighted by Gasteiger charge is 2.13. The van der Waals surface area contributed by atoms with E-state index in [0.29, 0.717) is 34.5 Å². The number of carbonyl (C=O) groups is 1. The minimum absolute atomic E-state index is 0.237. The lowest BCUT2D eigenvalue weighted by molar-refractivity contribution is 0.102. The van der Waals surface area contributed by atoms with Gasteiger partial charge in [0.15, 0.2) is 10.9 Å². The number of nitrogens with zero attached hydrogens (tertiary/aromatic N) is 2. The van der Waals surface area contributed by atoms with E-state index in [1.807, 2.05) is 38.3 Å². The Morgan fingerprint density at radius 2 is 1.93 bits per heavy atom. The zero-order chi connectivity index (χ0) is 20.4. The standard InChI is InChI=1S/C21H19N3O4S/c1-12-4-9-19(27-12)18-11-29-21(22-18)23-20(25)15-5-7-16(8-6-15)26-10-17-13(2)24-28-14(17)3/h4-9,11H,10H2,1-3H3,(H,22,23,25). The van der Waals surface area contributed by atoms with E-state index in [0.717, 1.165) is 22.8 Å². The maximum Gasteiger partial charge on any atom is 0.257 e. The van der Waals surface area contributed by atoms with Gasteiger partial charge in [-0.1, -0.05) is 5.16 Å². The molecular weight excluding hydrogens is 390 g/mol. The number of aromatic nitrogens is 2. The Kier molecular flexibility index (Phi) is 5.18. The van der Waals surface area contributed by atoms with Gasteiger partial charge in [0.05, 0.1) is 11.3 Å². The molecule has 29 heavy (non-hydrogen) atoms. The number of thiazole rings is 1. The van der Waals surface area contributed by atoms with E-state index in [2.05, 4.69) is 15.5 Å². The minimum atomic E-state index is -0.237. The van der Waals surface area contributed by atoms with Gasteiger partial charge >= 0.3 is 0 Å². The minimum Gasteiger partial charge on any atom is -0.489 e. The summed E-state index contributed by atoms with van der Waals surface area (Å²) in [6.45, 7) is 5.96. The number of anilines is 1. The predicted octanol–water partition coefficient (Wildman–Crippen LogP) is 5.15. The fraction of sp³-hybridized carbons (Fsp3) is 0.190. The van der Waals surface area contributed by atoms with Gasteiger partial charge in [0.25, 0.3) is 5.91 Å². The molecule has 4 rings (SSSR count). The topological polar surface area (TPSA) is 90.4 Å². The van der Waals surface area contributed by atoms with E-state index in [1.165, 1.54) is 11.3 Å². The summed E-state index contributed by atoms with van der Waals surface area (Å²) in [6.07, 6.45) is 0. The highest BCUT2D eigenvalue weighted by Crippen LogP contribution is 2.27. The number of ether oxygens (including phenoxy) is 1. The highest BCUT2D eigenvalue weighted by atomic mass is 32.1. The van der Waals surface area contributed by atoms with Crippen LogP contribution < -0.4 is 10.1 Å². The number of hydrogen-bond donors (Lipinski definition) is 1. The Morgan fingerprint density at radius 1 is 1.14 bits per heavy atom. The second-order valence-electron chi connectivity index (χ2n) is 6.52. The monoisotopic (exact) mass is 409 g/mol. The van der Waals surface area contributed by atoms with Gasteiger partial charge < -0.3 is 13.7 Å². The highest BCUT2D eigenvalue weighted by molar-refractivity contribution is 7.14. The summed E-state index contributed by atoms with van der Waals surface area (Å²) in [5, 5.41) is 9.08. The fourth-order valence-corrected chi connectivity index (χ4v) is 3.45. The van der Waals surface area contributed by atoms with Crippen LogP contribution in [0.5, 0.6) is 5.75 Å². The molecular formula is C21H19N3O4S. The van der Waals surface area contributed by atoms with Gasteiger partial charge in [-0.3, -0.25) is 10.1 Å². The third-order valence-electron chi connectivity index (χ3n) is 4.40. The van der Waals surface area contributed by atoms with Gasteiger partial charge in [-0.2, -0.15) is 0 Å². The van der Waals surface area contributed by atoms with Crippen molar-refractivity contribution < 1.29 is 18.5 Å². The van der Waals surface area contributed by atoms with Crippen LogP contribution in [0, 0.1) is 20.8 Å². The molecule has 0 aliphatic rings. The van der Waals surface area contributed by atoms with Crippen molar-refractivity contribution in [1.82, 2.24) is 10.1 Å². The van der Waals surface area contributed by atoms with Crippen molar-refractivity contribution in [3.05, 3.63) is 70.1 Å². The van der Waals surface area contributed by atoms with Crippen LogP contribution in [0.25, 0.3) is 11.5 Å². The van der Waals surface area contributed by atoms with Crippen molar-refractivity contribution in [2.24, 2.45) is 0 Å².